The van der Waals surface area contributed by atoms with Crippen molar-refractivity contribution in [3.05, 3.63) is 103 Å². The molecule has 2 aromatic carbocycles. The van der Waals surface area contributed by atoms with Crippen LogP contribution in [0.5, 0.6) is 23.0 Å². The molecule has 384 valence electrons. The van der Waals surface area contributed by atoms with Crippen LogP contribution < -0.4 is 31.4 Å². The highest BCUT2D eigenvalue weighted by Crippen LogP contribution is 2.41. The lowest BCUT2D eigenvalue weighted by Crippen LogP contribution is -2.65. The Morgan fingerprint density at radius 2 is 1.15 bits per heavy atom. The van der Waals surface area contributed by atoms with Crippen LogP contribution in [0.3, 0.4) is 0 Å². The number of aromatic nitrogens is 2. The summed E-state index contributed by atoms with van der Waals surface area (Å²) in [4.78, 5) is 72.5. The van der Waals surface area contributed by atoms with Gasteiger partial charge in [0.25, 0.3) is 11.8 Å². The number of methoxy groups -OCH3 is 2. The van der Waals surface area contributed by atoms with E-state index < -0.39 is 112 Å². The number of rotatable bonds is 12. The minimum atomic E-state index is -1.58. The Kier molecular flexibility index (Phi) is 13.5. The number of nitrogens with one attached hydrogen (secondary N) is 4. The zero-order valence-electron chi connectivity index (χ0n) is 40.6. The number of carbonyl (C=O) groups is 3. The van der Waals surface area contributed by atoms with Gasteiger partial charge in [0.05, 0.1) is 27.5 Å². The van der Waals surface area contributed by atoms with E-state index in [1.807, 2.05) is 0 Å². The second kappa shape index (κ2) is 19.1. The third kappa shape index (κ3) is 9.03. The molecule has 9 N–H and O–H groups in total. The first-order chi connectivity index (χ1) is 33.9. The molecule has 4 aromatic heterocycles. The number of aromatic hydroxyl groups is 2. The first-order valence-corrected chi connectivity index (χ1v) is 22.4. The van der Waals surface area contributed by atoms with Crippen molar-refractivity contribution in [2.24, 2.45) is 0 Å². The first kappa shape index (κ1) is 51.1. The van der Waals surface area contributed by atoms with E-state index in [9.17, 15) is 49.5 Å². The molecule has 72 heavy (non-hydrogen) atoms. The van der Waals surface area contributed by atoms with Crippen LogP contribution >= 0.6 is 0 Å². The number of ether oxygens (including phenoxy) is 7. The topological polar surface area (TPSA) is 333 Å². The van der Waals surface area contributed by atoms with Crippen LogP contribution in [-0.4, -0.2) is 128 Å². The minimum absolute atomic E-state index is 0.00518. The fraction of sp³-hybridized carbons (Fsp3) is 0.408. The lowest BCUT2D eigenvalue weighted by atomic mass is 9.89. The number of aromatic amines is 2. The van der Waals surface area contributed by atoms with E-state index in [-0.39, 0.29) is 67.1 Å². The van der Waals surface area contributed by atoms with Gasteiger partial charge in [-0.2, -0.15) is 0 Å². The Balaban J connectivity index is 0.974. The zero-order valence-corrected chi connectivity index (χ0v) is 40.6. The van der Waals surface area contributed by atoms with Gasteiger partial charge in [0.2, 0.25) is 12.6 Å². The molecule has 6 aromatic rings. The summed E-state index contributed by atoms with van der Waals surface area (Å²) >= 11 is 0. The third-order valence-corrected chi connectivity index (χ3v) is 12.9. The maximum absolute atomic E-state index is 13.6. The highest BCUT2D eigenvalue weighted by Gasteiger charge is 2.54. The Labute approximate surface area is 408 Å². The lowest BCUT2D eigenvalue weighted by molar-refractivity contribution is -0.306. The van der Waals surface area contributed by atoms with Gasteiger partial charge in [0, 0.05) is 37.2 Å². The Morgan fingerprint density at radius 3 is 1.65 bits per heavy atom. The first-order valence-electron chi connectivity index (χ1n) is 22.4. The van der Waals surface area contributed by atoms with Crippen LogP contribution in [0.25, 0.3) is 21.9 Å². The monoisotopic (exact) mass is 1000 g/mol. The summed E-state index contributed by atoms with van der Waals surface area (Å²) in [7, 11) is 2.75. The number of esters is 1. The highest BCUT2D eigenvalue weighted by molar-refractivity contribution is 6.12. The number of aliphatic hydroxyl groups is 3. The number of fused-ring (bicyclic) bond motifs is 2. The number of carbonyl (C=O) groups excluding carboxylic acids is 3. The summed E-state index contributed by atoms with van der Waals surface area (Å²) in [6.45, 7) is 12.8. The minimum Gasteiger partial charge on any atom is -0.505 e. The predicted octanol–water partition coefficient (Wildman–Crippen LogP) is 4.07. The summed E-state index contributed by atoms with van der Waals surface area (Å²) in [6.07, 6.45) is -9.19. The van der Waals surface area contributed by atoms with Crippen molar-refractivity contribution in [3.63, 3.8) is 0 Å². The van der Waals surface area contributed by atoms with Gasteiger partial charge in [0.1, 0.15) is 58.5 Å². The molecule has 2 amide bonds. The van der Waals surface area contributed by atoms with Crippen LogP contribution in [0, 0.1) is 27.7 Å². The number of benzene rings is 2. The van der Waals surface area contributed by atoms with Crippen molar-refractivity contribution in [3.8, 4) is 23.0 Å². The molecule has 8 unspecified atom stereocenters. The molecule has 0 aliphatic carbocycles. The molecule has 6 heterocycles. The highest BCUT2D eigenvalue weighted by atomic mass is 16.7. The molecule has 0 bridgehead atoms. The molecule has 2 aliphatic heterocycles. The van der Waals surface area contributed by atoms with E-state index in [1.54, 1.807) is 40.7 Å². The van der Waals surface area contributed by atoms with Crippen molar-refractivity contribution < 1.29 is 81.9 Å². The summed E-state index contributed by atoms with van der Waals surface area (Å²) in [5.74, 6) is -3.86. The standard InChI is InChI=1S/C49H54N4O19/c1-18-11-14-25(51-18)43(61)70-38-35(58)47(72-49(7,8)40(38)65-10)67-27-16-13-22-31(54)29(44(62)68-37(22)21(27)4)52-41(59)24-17-50-28(19(24)2)42(60)53-30-32(55)23-12-15-26(20(3)36(23)69-45(30)63)66-46-34(57)33(56)39(64-9)48(5,6)71-46/h11-17,33-35,38-40,46-47,50-51,54-58H,1-10H3,(H,52,59)(H,53,60). The number of hydrogen-bond acceptors (Lipinski definition) is 19. The zero-order chi connectivity index (χ0) is 52.5. The van der Waals surface area contributed by atoms with E-state index >= 15 is 0 Å². The quantitative estimate of drug-likeness (QED) is 0.0616. The molecule has 8 atom stereocenters. The number of anilines is 2. The predicted molar refractivity (Wildman–Crippen MR) is 253 cm³/mol. The van der Waals surface area contributed by atoms with Gasteiger partial charge in [-0.1, -0.05) is 0 Å². The second-order valence-electron chi connectivity index (χ2n) is 18.6. The van der Waals surface area contributed by atoms with Gasteiger partial charge in [-0.15, -0.1) is 0 Å². The molecule has 0 spiro atoms. The van der Waals surface area contributed by atoms with Gasteiger partial charge >= 0.3 is 17.2 Å². The number of H-pyrrole nitrogens is 2. The van der Waals surface area contributed by atoms with E-state index in [0.717, 1.165) is 11.9 Å². The fourth-order valence-electron chi connectivity index (χ4n) is 9.11. The van der Waals surface area contributed by atoms with Crippen LogP contribution in [0.2, 0.25) is 0 Å². The second-order valence-corrected chi connectivity index (χ2v) is 18.6. The van der Waals surface area contributed by atoms with Crippen molar-refractivity contribution in [1.29, 1.82) is 0 Å². The van der Waals surface area contributed by atoms with Crippen LogP contribution in [0.1, 0.15) is 81.4 Å². The molecule has 2 aliphatic rings. The van der Waals surface area contributed by atoms with Gasteiger partial charge < -0.3 is 88.1 Å². The van der Waals surface area contributed by atoms with Crippen LogP contribution in [0.15, 0.2) is 61.0 Å². The summed E-state index contributed by atoms with van der Waals surface area (Å²) < 4.78 is 51.7. The number of amides is 2. The third-order valence-electron chi connectivity index (χ3n) is 12.9. The molecule has 8 rings (SSSR count). The van der Waals surface area contributed by atoms with E-state index in [1.165, 1.54) is 65.3 Å². The molecule has 2 saturated heterocycles. The fourth-order valence-corrected chi connectivity index (χ4v) is 9.11. The normalized spacial score (nSPS) is 23.7. The van der Waals surface area contributed by atoms with Crippen LogP contribution in [-0.2, 0) is 23.7 Å². The average Bonchev–Trinajstić information content (AvgIpc) is 3.94. The molecular weight excluding hydrogens is 949 g/mol. The van der Waals surface area contributed by atoms with E-state index in [0.29, 0.717) is 0 Å². The van der Waals surface area contributed by atoms with Crippen molar-refractivity contribution in [2.75, 3.05) is 24.9 Å². The lowest BCUT2D eigenvalue weighted by Gasteiger charge is -2.47. The van der Waals surface area contributed by atoms with E-state index in [2.05, 4.69) is 20.6 Å². The van der Waals surface area contributed by atoms with Crippen molar-refractivity contribution in [1.82, 2.24) is 9.97 Å². The summed E-state index contributed by atoms with van der Waals surface area (Å²) in [6, 6.07) is 8.72. The smallest absolute Gasteiger partial charge is 0.364 e. The van der Waals surface area contributed by atoms with E-state index in [4.69, 9.17) is 42.0 Å². The Bertz CT molecular complexity index is 3240. The Hall–Kier alpha value is -7.25. The maximum Gasteiger partial charge on any atom is 0.364 e. The Morgan fingerprint density at radius 1 is 0.653 bits per heavy atom. The van der Waals surface area contributed by atoms with Gasteiger partial charge in [-0.05, 0) is 97.4 Å². The van der Waals surface area contributed by atoms with Crippen LogP contribution in [0.4, 0.5) is 11.4 Å². The van der Waals surface area contributed by atoms with Gasteiger partial charge in [0.15, 0.2) is 35.1 Å². The molecule has 0 saturated carbocycles. The van der Waals surface area contributed by atoms with Crippen molar-refractivity contribution in [2.45, 2.75) is 116 Å². The number of hydrogen-bond donors (Lipinski definition) is 9. The van der Waals surface area contributed by atoms with Gasteiger partial charge in [-0.3, -0.25) is 9.59 Å². The summed E-state index contributed by atoms with van der Waals surface area (Å²) in [5, 5.41) is 60.0. The number of aryl methyl sites for hydroxylation is 3. The molecule has 23 heteroatoms. The molecule has 2 fully saturated rings. The molecular formula is C49H54N4O19. The molecule has 23 nitrogen and oxygen atoms in total. The van der Waals surface area contributed by atoms with Gasteiger partial charge in [-0.25, -0.2) is 14.4 Å². The molecule has 0 radical (unpaired) electrons. The number of aliphatic hydroxyl groups excluding tert-OH is 3. The SMILES string of the molecule is COC1C(O)C(O)C(Oc2ccc3c(O)c(NC(=O)c4[nH]cc(C(=O)Nc5c(O)c6ccc(OC7OC(C)(C)C(OC)C(OC(=O)c8ccc(C)[nH]8)C7O)c(C)c6oc5=O)c4C)c(=O)oc3c2C)OC1(C)C. The largest absolute Gasteiger partial charge is 0.505 e. The average molecular weight is 1000 g/mol. The summed E-state index contributed by atoms with van der Waals surface area (Å²) in [5.41, 5.74) is -5.18. The van der Waals surface area contributed by atoms with Crippen molar-refractivity contribution >= 4 is 51.1 Å². The maximum atomic E-state index is 13.6.